The summed E-state index contributed by atoms with van der Waals surface area (Å²) < 4.78 is 1.93. The third kappa shape index (κ3) is 3.15. The van der Waals surface area contributed by atoms with Gasteiger partial charge in [0.15, 0.2) is 5.13 Å². The van der Waals surface area contributed by atoms with Gasteiger partial charge in [0.1, 0.15) is 0 Å². The van der Waals surface area contributed by atoms with Gasteiger partial charge in [0, 0.05) is 4.47 Å². The van der Waals surface area contributed by atoms with Gasteiger partial charge >= 0.3 is 5.97 Å². The molecule has 1 heterocycles. The topological polar surface area (TPSA) is 79.3 Å². The number of carboxylic acids is 1. The molecule has 1 aliphatic carbocycles. The normalized spacial score (nSPS) is 21.7. The van der Waals surface area contributed by atoms with Crippen molar-refractivity contribution >= 4 is 54.5 Å². The summed E-state index contributed by atoms with van der Waals surface area (Å²) in [6.07, 6.45) is 2.96. The van der Waals surface area contributed by atoms with E-state index in [1.54, 1.807) is 0 Å². The number of hydrogen-bond acceptors (Lipinski definition) is 4. The molecule has 1 amide bonds. The van der Waals surface area contributed by atoms with E-state index in [0.717, 1.165) is 27.5 Å². The van der Waals surface area contributed by atoms with Crippen LogP contribution in [0.15, 0.2) is 22.7 Å². The quantitative estimate of drug-likeness (QED) is 0.843. The maximum absolute atomic E-state index is 12.4. The first-order valence-electron chi connectivity index (χ1n) is 7.14. The molecule has 22 heavy (non-hydrogen) atoms. The van der Waals surface area contributed by atoms with Crippen LogP contribution in [0.5, 0.6) is 0 Å². The fraction of sp³-hybridized carbons (Fsp3) is 0.400. The molecule has 1 aromatic heterocycles. The van der Waals surface area contributed by atoms with E-state index in [1.807, 2.05) is 18.2 Å². The Hall–Kier alpha value is -1.47. The Bertz CT molecular complexity index is 731. The maximum Gasteiger partial charge on any atom is 0.307 e. The Morgan fingerprint density at radius 3 is 2.73 bits per heavy atom. The fourth-order valence-corrected chi connectivity index (χ4v) is 4.31. The molecule has 2 aromatic rings. The smallest absolute Gasteiger partial charge is 0.307 e. The van der Waals surface area contributed by atoms with Crippen LogP contribution in [-0.4, -0.2) is 22.0 Å². The number of carbonyl (C=O) groups excluding carboxylic acids is 1. The zero-order valence-electron chi connectivity index (χ0n) is 11.7. The highest BCUT2D eigenvalue weighted by Gasteiger charge is 2.35. The van der Waals surface area contributed by atoms with Gasteiger partial charge in [-0.3, -0.25) is 9.59 Å². The monoisotopic (exact) mass is 382 g/mol. The van der Waals surface area contributed by atoms with E-state index < -0.39 is 17.8 Å². The highest BCUT2D eigenvalue weighted by atomic mass is 79.9. The molecule has 0 spiro atoms. The lowest BCUT2D eigenvalue weighted by Crippen LogP contribution is -2.36. The molecule has 0 bridgehead atoms. The van der Waals surface area contributed by atoms with Crippen LogP contribution in [0, 0.1) is 11.8 Å². The van der Waals surface area contributed by atoms with Crippen molar-refractivity contribution in [1.29, 1.82) is 0 Å². The summed E-state index contributed by atoms with van der Waals surface area (Å²) in [7, 11) is 0. The molecule has 0 saturated heterocycles. The van der Waals surface area contributed by atoms with E-state index in [0.29, 0.717) is 18.0 Å². The van der Waals surface area contributed by atoms with E-state index in [9.17, 15) is 14.7 Å². The molecule has 3 rings (SSSR count). The predicted molar refractivity (Wildman–Crippen MR) is 89.0 cm³/mol. The Kier molecular flexibility index (Phi) is 4.44. The molecule has 1 aliphatic rings. The van der Waals surface area contributed by atoms with Gasteiger partial charge in [-0.1, -0.05) is 40.1 Å². The van der Waals surface area contributed by atoms with Gasteiger partial charge in [0.05, 0.1) is 22.1 Å². The lowest BCUT2D eigenvalue weighted by Gasteiger charge is -2.26. The van der Waals surface area contributed by atoms with Crippen LogP contribution in [0.4, 0.5) is 5.13 Å². The number of nitrogens with one attached hydrogen (secondary N) is 1. The van der Waals surface area contributed by atoms with E-state index in [-0.39, 0.29) is 5.91 Å². The molecule has 2 N–H and O–H groups in total. The number of nitrogens with zero attached hydrogens (tertiary/aromatic N) is 1. The highest BCUT2D eigenvalue weighted by molar-refractivity contribution is 9.10. The number of hydrogen-bond donors (Lipinski definition) is 2. The standard InChI is InChI=1S/C15H15BrN2O3S/c16-8-5-6-11-12(7-8)22-15(17-11)18-13(19)9-3-1-2-4-10(9)14(20)21/h5-7,9-10H,1-4H2,(H,20,21)(H,17,18,19)/t9-,10+/m0/s1. The number of thiazole rings is 1. The van der Waals surface area contributed by atoms with Gasteiger partial charge < -0.3 is 10.4 Å². The van der Waals surface area contributed by atoms with Crippen molar-refractivity contribution in [3.63, 3.8) is 0 Å². The third-order valence-corrected chi connectivity index (χ3v) is 5.43. The molecular weight excluding hydrogens is 368 g/mol. The first kappa shape index (κ1) is 15.4. The average Bonchev–Trinajstić information content (AvgIpc) is 2.88. The van der Waals surface area contributed by atoms with Crippen LogP contribution >= 0.6 is 27.3 Å². The average molecular weight is 383 g/mol. The second kappa shape index (κ2) is 6.34. The molecule has 1 saturated carbocycles. The number of benzene rings is 1. The van der Waals surface area contributed by atoms with Crippen molar-refractivity contribution in [2.75, 3.05) is 5.32 Å². The molecule has 5 nitrogen and oxygen atoms in total. The van der Waals surface area contributed by atoms with Crippen LogP contribution < -0.4 is 5.32 Å². The Morgan fingerprint density at radius 2 is 2.00 bits per heavy atom. The first-order valence-corrected chi connectivity index (χ1v) is 8.75. The number of aromatic nitrogens is 1. The Morgan fingerprint density at radius 1 is 1.27 bits per heavy atom. The summed E-state index contributed by atoms with van der Waals surface area (Å²) in [6.45, 7) is 0. The number of aliphatic carboxylic acids is 1. The minimum Gasteiger partial charge on any atom is -0.481 e. The summed E-state index contributed by atoms with van der Waals surface area (Å²) in [4.78, 5) is 28.1. The van der Waals surface area contributed by atoms with Crippen LogP contribution in [0.25, 0.3) is 10.2 Å². The summed E-state index contributed by atoms with van der Waals surface area (Å²) in [6, 6.07) is 5.73. The largest absolute Gasteiger partial charge is 0.481 e. The molecule has 7 heteroatoms. The van der Waals surface area contributed by atoms with Crippen molar-refractivity contribution in [1.82, 2.24) is 4.98 Å². The zero-order chi connectivity index (χ0) is 15.7. The lowest BCUT2D eigenvalue weighted by molar-refractivity contribution is -0.147. The third-order valence-electron chi connectivity index (χ3n) is 4.00. The van der Waals surface area contributed by atoms with E-state index in [4.69, 9.17) is 0 Å². The summed E-state index contributed by atoms with van der Waals surface area (Å²) >= 11 is 4.80. The minimum atomic E-state index is -0.881. The lowest BCUT2D eigenvalue weighted by atomic mass is 9.79. The van der Waals surface area contributed by atoms with Crippen molar-refractivity contribution < 1.29 is 14.7 Å². The van der Waals surface area contributed by atoms with Gasteiger partial charge in [0.2, 0.25) is 5.91 Å². The van der Waals surface area contributed by atoms with Crippen molar-refractivity contribution in [2.24, 2.45) is 11.8 Å². The molecule has 1 aromatic carbocycles. The van der Waals surface area contributed by atoms with Gasteiger partial charge in [0.25, 0.3) is 0 Å². The molecule has 0 radical (unpaired) electrons. The Labute approximate surface area is 139 Å². The molecular formula is C15H15BrN2O3S. The van der Waals surface area contributed by atoms with Crippen LogP contribution in [0.1, 0.15) is 25.7 Å². The molecule has 1 fully saturated rings. The van der Waals surface area contributed by atoms with Gasteiger partial charge in [-0.2, -0.15) is 0 Å². The Balaban J connectivity index is 1.78. The highest BCUT2D eigenvalue weighted by Crippen LogP contribution is 2.33. The fourth-order valence-electron chi connectivity index (χ4n) is 2.89. The molecule has 0 unspecified atom stereocenters. The van der Waals surface area contributed by atoms with Crippen LogP contribution in [0.3, 0.4) is 0 Å². The van der Waals surface area contributed by atoms with Gasteiger partial charge in [-0.25, -0.2) is 4.98 Å². The van der Waals surface area contributed by atoms with Crippen molar-refractivity contribution in [3.8, 4) is 0 Å². The molecule has 2 atom stereocenters. The number of halogens is 1. The minimum absolute atomic E-state index is 0.231. The number of fused-ring (bicyclic) bond motifs is 1. The SMILES string of the molecule is O=C(Nc1nc2ccc(Br)cc2s1)[C@H]1CCCC[C@H]1C(=O)O. The second-order valence-electron chi connectivity index (χ2n) is 5.46. The summed E-state index contributed by atoms with van der Waals surface area (Å²) in [5, 5.41) is 12.6. The first-order chi connectivity index (χ1) is 10.5. The molecule has 0 aliphatic heterocycles. The maximum atomic E-state index is 12.4. The van der Waals surface area contributed by atoms with E-state index in [1.165, 1.54) is 11.3 Å². The van der Waals surface area contributed by atoms with Gasteiger partial charge in [-0.15, -0.1) is 0 Å². The summed E-state index contributed by atoms with van der Waals surface area (Å²) in [5.41, 5.74) is 0.821. The van der Waals surface area contributed by atoms with Crippen LogP contribution in [-0.2, 0) is 9.59 Å². The van der Waals surface area contributed by atoms with Crippen molar-refractivity contribution in [3.05, 3.63) is 22.7 Å². The number of carboxylic acid groups (broad SMARTS) is 1. The number of carbonyl (C=O) groups is 2. The predicted octanol–water partition coefficient (Wildman–Crippen LogP) is 3.89. The van der Waals surface area contributed by atoms with E-state index in [2.05, 4.69) is 26.2 Å². The zero-order valence-corrected chi connectivity index (χ0v) is 14.1. The second-order valence-corrected chi connectivity index (χ2v) is 7.40. The van der Waals surface area contributed by atoms with Gasteiger partial charge in [-0.05, 0) is 31.0 Å². The summed E-state index contributed by atoms with van der Waals surface area (Å²) in [5.74, 6) is -2.17. The number of amides is 1. The number of rotatable bonds is 3. The molecule has 116 valence electrons. The number of anilines is 1. The van der Waals surface area contributed by atoms with Crippen molar-refractivity contribution in [2.45, 2.75) is 25.7 Å². The van der Waals surface area contributed by atoms with Crippen LogP contribution in [0.2, 0.25) is 0 Å². The van der Waals surface area contributed by atoms with E-state index >= 15 is 0 Å².